The first kappa shape index (κ1) is 13.2. The van der Waals surface area contributed by atoms with Crippen LogP contribution in [0.2, 0.25) is 0 Å². The first-order valence-corrected chi connectivity index (χ1v) is 8.19. The van der Waals surface area contributed by atoms with Crippen LogP contribution in [0.15, 0.2) is 36.5 Å². The molecule has 110 valence electrons. The molecular formula is C18H23N3. The molecule has 1 aliphatic carbocycles. The first-order chi connectivity index (χ1) is 10.4. The van der Waals surface area contributed by atoms with Gasteiger partial charge in [-0.15, -0.1) is 0 Å². The maximum Gasteiger partial charge on any atom is 0.0746 e. The third kappa shape index (κ3) is 3.09. The molecule has 4 rings (SSSR count). The normalized spacial score (nSPS) is 23.5. The summed E-state index contributed by atoms with van der Waals surface area (Å²) in [6.07, 6.45) is 7.30. The lowest BCUT2D eigenvalue weighted by Crippen LogP contribution is -2.46. The monoisotopic (exact) mass is 281 g/mol. The fourth-order valence-corrected chi connectivity index (χ4v) is 3.45. The number of fused-ring (bicyclic) bond motifs is 1. The van der Waals surface area contributed by atoms with E-state index < -0.39 is 0 Å². The van der Waals surface area contributed by atoms with Gasteiger partial charge in [0.15, 0.2) is 0 Å². The van der Waals surface area contributed by atoms with Gasteiger partial charge in [0.05, 0.1) is 5.52 Å². The largest absolute Gasteiger partial charge is 0.310 e. The predicted molar refractivity (Wildman–Crippen MR) is 86.2 cm³/mol. The average Bonchev–Trinajstić information content (AvgIpc) is 3.32. The van der Waals surface area contributed by atoms with E-state index >= 15 is 0 Å². The molecule has 1 N–H and O–H groups in total. The van der Waals surface area contributed by atoms with E-state index in [0.29, 0.717) is 6.04 Å². The van der Waals surface area contributed by atoms with Crippen LogP contribution < -0.4 is 5.32 Å². The van der Waals surface area contributed by atoms with Crippen molar-refractivity contribution in [3.8, 4) is 0 Å². The summed E-state index contributed by atoms with van der Waals surface area (Å²) in [6, 6.07) is 12.2. The van der Waals surface area contributed by atoms with Crippen molar-refractivity contribution in [3.63, 3.8) is 0 Å². The van der Waals surface area contributed by atoms with E-state index in [1.54, 1.807) is 0 Å². The minimum Gasteiger partial charge on any atom is -0.310 e. The molecule has 1 saturated heterocycles. The maximum atomic E-state index is 4.58. The third-order valence-electron chi connectivity index (χ3n) is 4.66. The summed E-state index contributed by atoms with van der Waals surface area (Å²) in [5.41, 5.74) is 2.53. The topological polar surface area (TPSA) is 28.2 Å². The number of hydrogen-bond donors (Lipinski definition) is 1. The summed E-state index contributed by atoms with van der Waals surface area (Å²) in [6.45, 7) is 3.42. The minimum atomic E-state index is 0.689. The highest BCUT2D eigenvalue weighted by atomic mass is 15.2. The summed E-state index contributed by atoms with van der Waals surface area (Å²) in [5, 5.41) is 5.04. The van der Waals surface area contributed by atoms with Gasteiger partial charge in [0.1, 0.15) is 0 Å². The second-order valence-electron chi connectivity index (χ2n) is 6.51. The fraction of sp³-hybridized carbons (Fsp3) is 0.500. The zero-order valence-electron chi connectivity index (χ0n) is 12.5. The van der Waals surface area contributed by atoms with Crippen molar-refractivity contribution in [2.75, 3.05) is 13.1 Å². The van der Waals surface area contributed by atoms with Crippen LogP contribution in [0.25, 0.3) is 10.9 Å². The minimum absolute atomic E-state index is 0.689. The Kier molecular flexibility index (Phi) is 3.62. The van der Waals surface area contributed by atoms with Gasteiger partial charge in [-0.3, -0.25) is 9.88 Å². The molecule has 2 heterocycles. The van der Waals surface area contributed by atoms with Crippen molar-refractivity contribution in [1.82, 2.24) is 15.2 Å². The van der Waals surface area contributed by atoms with Gasteiger partial charge < -0.3 is 5.32 Å². The van der Waals surface area contributed by atoms with E-state index in [-0.39, 0.29) is 0 Å². The van der Waals surface area contributed by atoms with Crippen LogP contribution in [0.4, 0.5) is 0 Å². The van der Waals surface area contributed by atoms with Crippen molar-refractivity contribution in [2.24, 2.45) is 0 Å². The van der Waals surface area contributed by atoms with Crippen molar-refractivity contribution >= 4 is 10.9 Å². The molecule has 2 aromatic rings. The number of nitrogens with zero attached hydrogens (tertiary/aromatic N) is 2. The number of pyridine rings is 1. The van der Waals surface area contributed by atoms with Gasteiger partial charge in [0.2, 0.25) is 0 Å². The van der Waals surface area contributed by atoms with Gasteiger partial charge in [0.25, 0.3) is 0 Å². The molecule has 0 radical (unpaired) electrons. The maximum absolute atomic E-state index is 4.58. The molecule has 1 atom stereocenters. The van der Waals surface area contributed by atoms with E-state index in [4.69, 9.17) is 0 Å². The summed E-state index contributed by atoms with van der Waals surface area (Å²) >= 11 is 0. The van der Waals surface area contributed by atoms with Crippen molar-refractivity contribution in [2.45, 2.75) is 44.3 Å². The molecule has 1 saturated carbocycles. The van der Waals surface area contributed by atoms with Crippen LogP contribution in [0.5, 0.6) is 0 Å². The lowest BCUT2D eigenvalue weighted by atomic mass is 10.0. The zero-order valence-corrected chi connectivity index (χ0v) is 12.5. The number of likely N-dealkylation sites (tertiary alicyclic amines) is 1. The van der Waals surface area contributed by atoms with Crippen LogP contribution in [0.3, 0.4) is 0 Å². The zero-order chi connectivity index (χ0) is 14.1. The van der Waals surface area contributed by atoms with E-state index in [1.165, 1.54) is 49.7 Å². The number of nitrogens with one attached hydrogen (secondary N) is 1. The Morgan fingerprint density at radius 1 is 1.10 bits per heavy atom. The van der Waals surface area contributed by atoms with Crippen LogP contribution in [-0.2, 0) is 6.54 Å². The van der Waals surface area contributed by atoms with Crippen molar-refractivity contribution in [1.29, 1.82) is 0 Å². The SMILES string of the molecule is c1cnc2c(CN3CCCC(NC4CC4)C3)cccc2c1. The van der Waals surface area contributed by atoms with Crippen LogP contribution in [0, 0.1) is 0 Å². The fourth-order valence-electron chi connectivity index (χ4n) is 3.45. The molecule has 2 aliphatic rings. The van der Waals surface area contributed by atoms with E-state index in [0.717, 1.165) is 18.1 Å². The van der Waals surface area contributed by atoms with Crippen molar-refractivity contribution < 1.29 is 0 Å². The number of hydrogen-bond acceptors (Lipinski definition) is 3. The van der Waals surface area contributed by atoms with Gasteiger partial charge in [-0.2, -0.15) is 0 Å². The summed E-state index contributed by atoms with van der Waals surface area (Å²) in [4.78, 5) is 7.17. The van der Waals surface area contributed by atoms with Gasteiger partial charge in [-0.1, -0.05) is 24.3 Å². The molecule has 0 spiro atoms. The lowest BCUT2D eigenvalue weighted by Gasteiger charge is -2.33. The highest BCUT2D eigenvalue weighted by Crippen LogP contribution is 2.23. The lowest BCUT2D eigenvalue weighted by molar-refractivity contribution is 0.183. The molecule has 0 amide bonds. The smallest absolute Gasteiger partial charge is 0.0746 e. The van der Waals surface area contributed by atoms with E-state index in [9.17, 15) is 0 Å². The van der Waals surface area contributed by atoms with Gasteiger partial charge in [0, 0.05) is 36.8 Å². The van der Waals surface area contributed by atoms with E-state index in [2.05, 4.69) is 39.5 Å². The summed E-state index contributed by atoms with van der Waals surface area (Å²) in [5.74, 6) is 0. The molecule has 1 aliphatic heterocycles. The Hall–Kier alpha value is -1.45. The Labute approximate surface area is 126 Å². The Bertz CT molecular complexity index is 615. The Balaban J connectivity index is 1.48. The number of benzene rings is 1. The number of piperidine rings is 1. The highest BCUT2D eigenvalue weighted by Gasteiger charge is 2.27. The van der Waals surface area contributed by atoms with Crippen LogP contribution >= 0.6 is 0 Å². The number of rotatable bonds is 4. The molecule has 1 unspecified atom stereocenters. The van der Waals surface area contributed by atoms with Crippen LogP contribution in [-0.4, -0.2) is 35.1 Å². The second kappa shape index (κ2) is 5.74. The third-order valence-corrected chi connectivity index (χ3v) is 4.66. The molecular weight excluding hydrogens is 258 g/mol. The molecule has 3 heteroatoms. The van der Waals surface area contributed by atoms with Gasteiger partial charge in [-0.05, 0) is 43.9 Å². The van der Waals surface area contributed by atoms with Crippen LogP contribution in [0.1, 0.15) is 31.2 Å². The molecule has 0 bridgehead atoms. The average molecular weight is 281 g/mol. The summed E-state index contributed by atoms with van der Waals surface area (Å²) < 4.78 is 0. The highest BCUT2D eigenvalue weighted by molar-refractivity contribution is 5.81. The first-order valence-electron chi connectivity index (χ1n) is 8.19. The Morgan fingerprint density at radius 2 is 2.00 bits per heavy atom. The molecule has 1 aromatic heterocycles. The molecule has 2 fully saturated rings. The standard InChI is InChI=1S/C18H23N3/c1-4-14-6-2-10-19-18(14)15(5-1)12-21-11-3-7-17(13-21)20-16-8-9-16/h1-2,4-6,10,16-17,20H,3,7-9,11-13H2. The predicted octanol–water partition coefficient (Wildman–Crippen LogP) is 2.95. The quantitative estimate of drug-likeness (QED) is 0.934. The number of aromatic nitrogens is 1. The molecule has 3 nitrogen and oxygen atoms in total. The molecule has 21 heavy (non-hydrogen) atoms. The van der Waals surface area contributed by atoms with Crippen molar-refractivity contribution in [3.05, 3.63) is 42.1 Å². The number of para-hydroxylation sites is 1. The van der Waals surface area contributed by atoms with Gasteiger partial charge in [-0.25, -0.2) is 0 Å². The van der Waals surface area contributed by atoms with E-state index in [1.807, 2.05) is 12.3 Å². The Morgan fingerprint density at radius 3 is 2.90 bits per heavy atom. The van der Waals surface area contributed by atoms with Gasteiger partial charge >= 0.3 is 0 Å². The molecule has 1 aromatic carbocycles. The second-order valence-corrected chi connectivity index (χ2v) is 6.51. The summed E-state index contributed by atoms with van der Waals surface area (Å²) in [7, 11) is 0.